The normalized spacial score (nSPS) is 10.6. The Morgan fingerprint density at radius 3 is 0.740 bits per heavy atom. The first kappa shape index (κ1) is 30.3. The summed E-state index contributed by atoms with van der Waals surface area (Å²) in [6.45, 7) is 0. The van der Waals surface area contributed by atoms with Gasteiger partial charge in [-0.1, -0.05) is 120 Å². The summed E-state index contributed by atoms with van der Waals surface area (Å²) in [5.41, 5.74) is 3.96. The van der Waals surface area contributed by atoms with Crippen molar-refractivity contribution in [1.82, 2.24) is 0 Å². The van der Waals surface area contributed by atoms with E-state index in [2.05, 4.69) is 154 Å². The first-order chi connectivity index (χ1) is 24.8. The van der Waals surface area contributed by atoms with E-state index in [1.165, 1.54) is 0 Å². The van der Waals surface area contributed by atoms with Crippen molar-refractivity contribution < 1.29 is 0 Å². The van der Waals surface area contributed by atoms with Gasteiger partial charge in [0.25, 0.3) is 0 Å². The number of fused-ring (bicyclic) bond motifs is 4. The van der Waals surface area contributed by atoms with Crippen molar-refractivity contribution in [3.63, 3.8) is 0 Å². The molecule has 0 saturated heterocycles. The molecule has 0 fully saturated rings. The molecule has 9 aromatic rings. The molecule has 0 unspecified atom stereocenters. The molecule has 0 N–H and O–H groups in total. The van der Waals surface area contributed by atoms with E-state index < -0.39 is 0 Å². The number of benzene rings is 5. The molecule has 0 aliphatic carbocycles. The maximum Gasteiger partial charge on any atom is 0.0772 e. The molecule has 0 spiro atoms. The van der Waals surface area contributed by atoms with Crippen molar-refractivity contribution in [2.45, 2.75) is 0 Å². The Morgan fingerprint density at radius 2 is 0.520 bits per heavy atom. The van der Waals surface area contributed by atoms with Gasteiger partial charge in [0.15, 0.2) is 0 Å². The molecule has 4 heteroatoms. The molecule has 0 nitrogen and oxygen atoms in total. The number of hydrogen-bond donors (Lipinski definition) is 0. The highest BCUT2D eigenvalue weighted by Gasteiger charge is 2.18. The van der Waals surface area contributed by atoms with Crippen LogP contribution in [0.15, 0.2) is 131 Å². The van der Waals surface area contributed by atoms with Gasteiger partial charge in [0.1, 0.15) is 0 Å². The Morgan fingerprint density at radius 1 is 0.260 bits per heavy atom. The topological polar surface area (TPSA) is 0 Å². The average molecular weight is 703 g/mol. The van der Waals surface area contributed by atoms with Crippen LogP contribution in [0.4, 0.5) is 0 Å². The molecule has 5 aromatic carbocycles. The monoisotopic (exact) mass is 702 g/mol. The largest absolute Gasteiger partial charge is 0.135 e. The molecule has 4 heterocycles. The van der Waals surface area contributed by atoms with Gasteiger partial charge >= 0.3 is 0 Å². The zero-order valence-corrected chi connectivity index (χ0v) is 29.6. The minimum atomic E-state index is 0.990. The maximum atomic E-state index is 3.62. The van der Waals surface area contributed by atoms with Crippen LogP contribution < -0.4 is 0 Å². The molecule has 9 rings (SSSR count). The summed E-state index contributed by atoms with van der Waals surface area (Å²) in [4.78, 5) is 4.13. The molecular formula is C46H22S4. The standard InChI is InChI=1S/C46H22S4/c1-2-14-36-35(13-1)39(21-17-31-9-5-25-47-31)43-29-45-41(23-19-33-11-7-27-49-33)37-15-3-4-16-38(37)42(24-20-34-12-8-28-50-34)46(45)30-44(43)40(36)22-18-32-10-6-26-48-32/h1-16,25-30H. The second-order valence-corrected chi connectivity index (χ2v) is 15.2. The Labute approximate surface area is 306 Å². The highest BCUT2D eigenvalue weighted by atomic mass is 32.1. The van der Waals surface area contributed by atoms with Gasteiger partial charge in [0.2, 0.25) is 0 Å². The van der Waals surface area contributed by atoms with E-state index in [0.29, 0.717) is 0 Å². The third-order valence-electron chi connectivity index (χ3n) is 8.49. The van der Waals surface area contributed by atoms with Crippen molar-refractivity contribution in [1.29, 1.82) is 0 Å². The van der Waals surface area contributed by atoms with E-state index in [-0.39, 0.29) is 0 Å². The molecule has 0 aliphatic rings. The fourth-order valence-electron chi connectivity index (χ4n) is 6.28. The lowest BCUT2D eigenvalue weighted by atomic mass is 9.86. The Hall–Kier alpha value is -5.82. The SMILES string of the molecule is C(#Cc1c2ccccc2c(C#Cc2cccs2)c2cc3c(C#Cc4cccs4)c4ccccc4c(C#Cc4cccs4)c3cc12)c1cccs1. The molecular weight excluding hydrogens is 681 g/mol. The van der Waals surface area contributed by atoms with Gasteiger partial charge in [-0.05, 0) is 101 Å². The highest BCUT2D eigenvalue weighted by Crippen LogP contribution is 2.40. The molecule has 230 valence electrons. The summed E-state index contributed by atoms with van der Waals surface area (Å²) < 4.78 is 0. The molecule has 0 aliphatic heterocycles. The van der Waals surface area contributed by atoms with Crippen LogP contribution in [0.2, 0.25) is 0 Å². The zero-order chi connectivity index (χ0) is 33.3. The third-order valence-corrected chi connectivity index (χ3v) is 11.6. The molecule has 50 heavy (non-hydrogen) atoms. The van der Waals surface area contributed by atoms with Crippen LogP contribution in [0.1, 0.15) is 41.8 Å². The lowest BCUT2D eigenvalue weighted by Crippen LogP contribution is -1.95. The first-order valence-corrected chi connectivity index (χ1v) is 19.4. The van der Waals surface area contributed by atoms with Gasteiger partial charge in [-0.25, -0.2) is 0 Å². The van der Waals surface area contributed by atoms with E-state index in [1.807, 2.05) is 24.3 Å². The minimum absolute atomic E-state index is 0.990. The van der Waals surface area contributed by atoms with Crippen molar-refractivity contribution in [2.24, 2.45) is 0 Å². The molecule has 0 amide bonds. The van der Waals surface area contributed by atoms with Crippen LogP contribution in [0.5, 0.6) is 0 Å². The average Bonchev–Trinajstić information content (AvgIpc) is 4.00. The Balaban J connectivity index is 1.47. The maximum absolute atomic E-state index is 3.62. The van der Waals surface area contributed by atoms with Gasteiger partial charge in [0, 0.05) is 22.3 Å². The van der Waals surface area contributed by atoms with Crippen LogP contribution >= 0.6 is 45.3 Å². The van der Waals surface area contributed by atoms with Crippen LogP contribution in [-0.4, -0.2) is 0 Å². The summed E-state index contributed by atoms with van der Waals surface area (Å²) >= 11 is 6.62. The summed E-state index contributed by atoms with van der Waals surface area (Å²) in [7, 11) is 0. The van der Waals surface area contributed by atoms with Crippen molar-refractivity contribution in [3.05, 3.63) is 172 Å². The van der Waals surface area contributed by atoms with Gasteiger partial charge < -0.3 is 0 Å². The minimum Gasteiger partial charge on any atom is -0.135 e. The van der Waals surface area contributed by atoms with Crippen LogP contribution in [0.25, 0.3) is 43.1 Å². The lowest BCUT2D eigenvalue weighted by Gasteiger charge is -2.16. The van der Waals surface area contributed by atoms with Crippen molar-refractivity contribution in [2.75, 3.05) is 0 Å². The number of hydrogen-bond acceptors (Lipinski definition) is 4. The van der Waals surface area contributed by atoms with E-state index in [1.54, 1.807) is 45.3 Å². The van der Waals surface area contributed by atoms with E-state index in [9.17, 15) is 0 Å². The van der Waals surface area contributed by atoms with Gasteiger partial charge in [-0.3, -0.25) is 0 Å². The van der Waals surface area contributed by atoms with E-state index in [0.717, 1.165) is 84.9 Å². The smallest absolute Gasteiger partial charge is 0.0772 e. The van der Waals surface area contributed by atoms with Crippen LogP contribution in [0, 0.1) is 47.4 Å². The first-order valence-electron chi connectivity index (χ1n) is 15.9. The summed E-state index contributed by atoms with van der Waals surface area (Å²) in [6.07, 6.45) is 0. The van der Waals surface area contributed by atoms with Crippen molar-refractivity contribution >= 4 is 88.4 Å². The number of thiophene rings is 4. The molecule has 4 aromatic heterocycles. The van der Waals surface area contributed by atoms with Crippen molar-refractivity contribution in [3.8, 4) is 47.4 Å². The lowest BCUT2D eigenvalue weighted by molar-refractivity contribution is 1.70. The Kier molecular flexibility index (Phi) is 8.01. The quantitative estimate of drug-likeness (QED) is 0.109. The summed E-state index contributed by atoms with van der Waals surface area (Å²) in [6, 6.07) is 38.1. The Bertz CT molecular complexity index is 2560. The van der Waals surface area contributed by atoms with Gasteiger partial charge in [-0.15, -0.1) is 45.3 Å². The molecule has 0 bridgehead atoms. The second-order valence-electron chi connectivity index (χ2n) is 11.4. The second kappa shape index (κ2) is 13.2. The fourth-order valence-corrected chi connectivity index (χ4v) is 8.56. The van der Waals surface area contributed by atoms with Gasteiger partial charge in [-0.2, -0.15) is 0 Å². The highest BCUT2D eigenvalue weighted by molar-refractivity contribution is 7.11. The van der Waals surface area contributed by atoms with Crippen LogP contribution in [0.3, 0.4) is 0 Å². The molecule has 0 saturated carbocycles. The van der Waals surface area contributed by atoms with E-state index >= 15 is 0 Å². The predicted molar refractivity (Wildman–Crippen MR) is 218 cm³/mol. The molecule has 0 radical (unpaired) electrons. The summed E-state index contributed by atoms with van der Waals surface area (Å²) in [5, 5.41) is 16.9. The summed E-state index contributed by atoms with van der Waals surface area (Å²) in [5.74, 6) is 28.3. The van der Waals surface area contributed by atoms with Crippen LogP contribution in [-0.2, 0) is 0 Å². The zero-order valence-electron chi connectivity index (χ0n) is 26.3. The molecule has 0 atom stereocenters. The predicted octanol–water partition coefficient (Wildman–Crippen LogP) is 12.1. The fraction of sp³-hybridized carbons (Fsp3) is 0. The van der Waals surface area contributed by atoms with Gasteiger partial charge in [0.05, 0.1) is 19.5 Å². The third kappa shape index (κ3) is 5.68. The number of rotatable bonds is 0. The van der Waals surface area contributed by atoms with E-state index in [4.69, 9.17) is 0 Å².